The van der Waals surface area contributed by atoms with Gasteiger partial charge in [0.1, 0.15) is 29.0 Å². The fraction of sp³-hybridized carbons (Fsp3) is 0.208. The Morgan fingerprint density at radius 2 is 1.79 bits per heavy atom. The van der Waals surface area contributed by atoms with Gasteiger partial charge in [-0.15, -0.1) is 0 Å². The Labute approximate surface area is 205 Å². The minimum absolute atomic E-state index is 0.0407. The van der Waals surface area contributed by atoms with Crippen molar-refractivity contribution in [3.8, 4) is 5.75 Å². The fourth-order valence-corrected chi connectivity index (χ4v) is 3.91. The molecule has 0 saturated heterocycles. The lowest BCUT2D eigenvalue weighted by atomic mass is 10.1. The number of aromatic nitrogens is 3. The molecule has 7 nitrogen and oxygen atoms in total. The Bertz CT molecular complexity index is 1330. The summed E-state index contributed by atoms with van der Waals surface area (Å²) in [5, 5.41) is 11.2. The molecule has 1 amide bonds. The topological polar surface area (TPSA) is 82.2 Å². The molecule has 0 radical (unpaired) electrons. The lowest BCUT2D eigenvalue weighted by molar-refractivity contribution is 0.101. The number of carbonyl (C=O) groups excluding carboxylic acids is 1. The van der Waals surface area contributed by atoms with Crippen LogP contribution in [0.15, 0.2) is 47.1 Å². The van der Waals surface area contributed by atoms with E-state index in [0.717, 1.165) is 16.9 Å². The van der Waals surface area contributed by atoms with Crippen molar-refractivity contribution >= 4 is 34.9 Å². The Kier molecular flexibility index (Phi) is 6.90. The number of rotatable bonds is 7. The number of hydrogen-bond acceptors (Lipinski definition) is 5. The number of benzene rings is 2. The zero-order chi connectivity index (χ0) is 24.4. The average molecular weight is 503 g/mol. The van der Waals surface area contributed by atoms with Gasteiger partial charge in [0.25, 0.3) is 5.91 Å². The van der Waals surface area contributed by atoms with Crippen molar-refractivity contribution in [2.24, 2.45) is 0 Å². The normalized spacial score (nSPS) is 11.0. The van der Waals surface area contributed by atoms with Gasteiger partial charge in [-0.05, 0) is 44.0 Å². The van der Waals surface area contributed by atoms with Crippen LogP contribution in [-0.2, 0) is 13.2 Å². The first-order chi connectivity index (χ1) is 16.2. The first kappa shape index (κ1) is 23.8. The summed E-state index contributed by atoms with van der Waals surface area (Å²) in [6.07, 6.45) is 1.47. The zero-order valence-electron chi connectivity index (χ0n) is 18.7. The van der Waals surface area contributed by atoms with Crippen LogP contribution in [0.2, 0.25) is 10.0 Å². The van der Waals surface area contributed by atoms with Gasteiger partial charge in [-0.1, -0.05) is 52.6 Å². The Hall–Kier alpha value is -3.36. The number of anilines is 1. The highest BCUT2D eigenvalue weighted by Crippen LogP contribution is 2.27. The molecule has 2 aromatic heterocycles. The summed E-state index contributed by atoms with van der Waals surface area (Å²) in [5.41, 5.74) is 2.79. The van der Waals surface area contributed by atoms with Gasteiger partial charge in [0.2, 0.25) is 0 Å². The Balaban J connectivity index is 1.51. The molecule has 0 aliphatic heterocycles. The van der Waals surface area contributed by atoms with Crippen molar-refractivity contribution in [1.82, 2.24) is 14.9 Å². The van der Waals surface area contributed by atoms with Crippen molar-refractivity contribution in [3.05, 3.63) is 92.2 Å². The van der Waals surface area contributed by atoms with E-state index in [1.54, 1.807) is 13.0 Å². The molecule has 2 heterocycles. The second kappa shape index (κ2) is 9.87. The Morgan fingerprint density at radius 1 is 1.09 bits per heavy atom. The molecular formula is C24H21Cl2FN4O3. The van der Waals surface area contributed by atoms with Crippen molar-refractivity contribution in [1.29, 1.82) is 0 Å². The minimum Gasteiger partial charge on any atom is -0.488 e. The van der Waals surface area contributed by atoms with Crippen LogP contribution >= 0.6 is 23.2 Å². The van der Waals surface area contributed by atoms with Crippen LogP contribution in [0.25, 0.3) is 0 Å². The Morgan fingerprint density at radius 3 is 2.50 bits per heavy atom. The monoisotopic (exact) mass is 502 g/mol. The molecule has 0 aliphatic rings. The van der Waals surface area contributed by atoms with Gasteiger partial charge in [-0.3, -0.25) is 9.48 Å². The van der Waals surface area contributed by atoms with E-state index in [-0.39, 0.29) is 40.3 Å². The molecule has 1 N–H and O–H groups in total. The van der Waals surface area contributed by atoms with E-state index < -0.39 is 11.7 Å². The molecular weight excluding hydrogens is 482 g/mol. The van der Waals surface area contributed by atoms with Gasteiger partial charge < -0.3 is 14.6 Å². The fourth-order valence-electron chi connectivity index (χ4n) is 3.49. The first-order valence-corrected chi connectivity index (χ1v) is 11.1. The molecule has 0 fully saturated rings. The van der Waals surface area contributed by atoms with E-state index in [9.17, 15) is 9.18 Å². The minimum atomic E-state index is -0.562. The number of aryl methyl sites for hydroxylation is 3. The standard InChI is InChI=1S/C24H21Cl2FN4O3/c1-13-6-4-7-14(2)22(13)33-12-17-15(3)34-30-21(17)24(32)28-23-19(26)11-31(29-23)10-16-18(25)8-5-9-20(16)27/h4-9,11H,10,12H2,1-3H3,(H,28,29,32). The van der Waals surface area contributed by atoms with Gasteiger partial charge in [-0.25, -0.2) is 4.39 Å². The smallest absolute Gasteiger partial charge is 0.279 e. The molecule has 0 aliphatic carbocycles. The number of halogens is 3. The van der Waals surface area contributed by atoms with E-state index >= 15 is 0 Å². The quantitative estimate of drug-likeness (QED) is 0.329. The van der Waals surface area contributed by atoms with Crippen molar-refractivity contribution in [2.75, 3.05) is 5.32 Å². The third-order valence-electron chi connectivity index (χ3n) is 5.30. The molecule has 0 saturated carbocycles. The lowest BCUT2D eigenvalue weighted by Crippen LogP contribution is -2.16. The summed E-state index contributed by atoms with van der Waals surface area (Å²) in [5.74, 6) is 0.274. The highest BCUT2D eigenvalue weighted by atomic mass is 35.5. The summed E-state index contributed by atoms with van der Waals surface area (Å²) in [4.78, 5) is 12.9. The van der Waals surface area contributed by atoms with Crippen LogP contribution in [0, 0.1) is 26.6 Å². The summed E-state index contributed by atoms with van der Waals surface area (Å²) in [6, 6.07) is 10.3. The molecule has 0 spiro atoms. The highest BCUT2D eigenvalue weighted by Gasteiger charge is 2.23. The first-order valence-electron chi connectivity index (χ1n) is 10.4. The van der Waals surface area contributed by atoms with Gasteiger partial charge in [0.05, 0.1) is 12.1 Å². The van der Waals surface area contributed by atoms with Crippen LogP contribution in [0.1, 0.15) is 38.5 Å². The number of carbonyl (C=O) groups is 1. The van der Waals surface area contributed by atoms with Crippen LogP contribution in [0.4, 0.5) is 10.2 Å². The van der Waals surface area contributed by atoms with Crippen molar-refractivity contribution in [3.63, 3.8) is 0 Å². The summed E-state index contributed by atoms with van der Waals surface area (Å²) < 4.78 is 26.7. The number of ether oxygens (including phenoxy) is 1. The SMILES string of the molecule is Cc1cccc(C)c1OCc1c(C(=O)Nc2nn(Cc3c(F)cccc3Cl)cc2Cl)noc1C. The number of hydrogen-bond donors (Lipinski definition) is 1. The van der Waals surface area contributed by atoms with E-state index in [4.69, 9.17) is 32.5 Å². The van der Waals surface area contributed by atoms with Crippen molar-refractivity contribution in [2.45, 2.75) is 33.9 Å². The predicted molar refractivity (Wildman–Crippen MR) is 127 cm³/mol. The summed E-state index contributed by atoms with van der Waals surface area (Å²) in [7, 11) is 0. The molecule has 4 aromatic rings. The molecule has 4 rings (SSSR count). The van der Waals surface area contributed by atoms with Crippen molar-refractivity contribution < 1.29 is 18.4 Å². The lowest BCUT2D eigenvalue weighted by Gasteiger charge is -2.12. The molecule has 10 heteroatoms. The number of amides is 1. The van der Waals surface area contributed by atoms with E-state index in [1.165, 1.54) is 23.0 Å². The molecule has 0 bridgehead atoms. The second-order valence-electron chi connectivity index (χ2n) is 7.75. The third-order valence-corrected chi connectivity index (χ3v) is 5.93. The number of nitrogens with zero attached hydrogens (tertiary/aromatic N) is 3. The van der Waals surface area contributed by atoms with Crippen LogP contribution in [0.3, 0.4) is 0 Å². The van der Waals surface area contributed by atoms with E-state index in [0.29, 0.717) is 11.3 Å². The molecule has 2 aromatic carbocycles. The number of nitrogens with one attached hydrogen (secondary N) is 1. The predicted octanol–water partition coefficient (Wildman–Crippen LogP) is 6.12. The average Bonchev–Trinajstić information content (AvgIpc) is 3.32. The molecule has 0 atom stereocenters. The maximum Gasteiger partial charge on any atom is 0.279 e. The maximum absolute atomic E-state index is 14.1. The van der Waals surface area contributed by atoms with Crippen LogP contribution < -0.4 is 10.1 Å². The molecule has 176 valence electrons. The molecule has 0 unspecified atom stereocenters. The largest absolute Gasteiger partial charge is 0.488 e. The van der Waals surface area contributed by atoms with Gasteiger partial charge in [0.15, 0.2) is 11.5 Å². The van der Waals surface area contributed by atoms with Gasteiger partial charge in [-0.2, -0.15) is 5.10 Å². The van der Waals surface area contributed by atoms with Crippen LogP contribution in [0.5, 0.6) is 5.75 Å². The van der Waals surface area contributed by atoms with E-state index in [1.807, 2.05) is 32.0 Å². The number of para-hydroxylation sites is 1. The van der Waals surface area contributed by atoms with Gasteiger partial charge in [0, 0.05) is 16.8 Å². The summed E-state index contributed by atoms with van der Waals surface area (Å²) in [6.45, 7) is 5.73. The summed E-state index contributed by atoms with van der Waals surface area (Å²) >= 11 is 12.3. The zero-order valence-corrected chi connectivity index (χ0v) is 20.2. The van der Waals surface area contributed by atoms with E-state index in [2.05, 4.69) is 15.6 Å². The van der Waals surface area contributed by atoms with Crippen LogP contribution in [-0.4, -0.2) is 20.8 Å². The molecule has 34 heavy (non-hydrogen) atoms. The second-order valence-corrected chi connectivity index (χ2v) is 8.57. The highest BCUT2D eigenvalue weighted by molar-refractivity contribution is 6.33. The maximum atomic E-state index is 14.1. The van der Waals surface area contributed by atoms with Gasteiger partial charge >= 0.3 is 0 Å². The third kappa shape index (κ3) is 4.93.